The second-order valence-corrected chi connectivity index (χ2v) is 5.00. The molecule has 0 atom stereocenters. The van der Waals surface area contributed by atoms with Crippen molar-refractivity contribution in [3.63, 3.8) is 0 Å². The first-order valence-corrected chi connectivity index (χ1v) is 6.91. The zero-order valence-corrected chi connectivity index (χ0v) is 11.8. The summed E-state index contributed by atoms with van der Waals surface area (Å²) in [6.07, 6.45) is 3.31. The van der Waals surface area contributed by atoms with Crippen molar-refractivity contribution in [1.82, 2.24) is 18.7 Å². The van der Waals surface area contributed by atoms with Crippen LogP contribution in [0.25, 0.3) is 16.2 Å². The van der Waals surface area contributed by atoms with Crippen LogP contribution in [-0.2, 0) is 4.74 Å². The molecule has 0 amide bonds. The Bertz CT molecular complexity index is 764. The Morgan fingerprint density at radius 2 is 2.35 bits per heavy atom. The molecule has 7 heteroatoms. The van der Waals surface area contributed by atoms with Crippen LogP contribution in [0.4, 0.5) is 0 Å². The fraction of sp³-hybridized carbons (Fsp3) is 0.231. The predicted molar refractivity (Wildman–Crippen MR) is 74.8 cm³/mol. The van der Waals surface area contributed by atoms with E-state index in [9.17, 15) is 4.79 Å². The molecule has 20 heavy (non-hydrogen) atoms. The highest BCUT2D eigenvalue weighted by Gasteiger charge is 2.18. The Morgan fingerprint density at radius 3 is 3.05 bits per heavy atom. The summed E-state index contributed by atoms with van der Waals surface area (Å²) < 4.78 is 10.8. The van der Waals surface area contributed by atoms with E-state index in [1.54, 1.807) is 23.8 Å². The third-order valence-electron chi connectivity index (χ3n) is 2.85. The van der Waals surface area contributed by atoms with Crippen LogP contribution in [0, 0.1) is 6.92 Å². The molecule has 0 unspecified atom stereocenters. The van der Waals surface area contributed by atoms with Gasteiger partial charge in [0.15, 0.2) is 11.3 Å². The molecule has 3 aromatic heterocycles. The molecule has 0 N–H and O–H groups in total. The molecule has 3 rings (SSSR count). The van der Waals surface area contributed by atoms with Crippen LogP contribution in [0.5, 0.6) is 0 Å². The first-order valence-electron chi connectivity index (χ1n) is 6.13. The van der Waals surface area contributed by atoms with Gasteiger partial charge in [0.25, 0.3) is 0 Å². The topological polar surface area (TPSA) is 69.4 Å². The van der Waals surface area contributed by atoms with Crippen molar-refractivity contribution < 1.29 is 9.53 Å². The maximum Gasteiger partial charge on any atom is 0.360 e. The lowest BCUT2D eigenvalue weighted by Gasteiger charge is -2.04. The van der Waals surface area contributed by atoms with Crippen molar-refractivity contribution in [2.24, 2.45) is 0 Å². The van der Waals surface area contributed by atoms with Gasteiger partial charge in [0.2, 0.25) is 0 Å². The van der Waals surface area contributed by atoms with Crippen LogP contribution in [-0.4, -0.2) is 31.3 Å². The minimum Gasteiger partial charge on any atom is -0.461 e. The van der Waals surface area contributed by atoms with Gasteiger partial charge < -0.3 is 4.74 Å². The SMILES string of the molecule is CCOC(=O)c1ncn2c(C)cc(-c3ccns3)nc12. The Hall–Kier alpha value is -2.28. The maximum absolute atomic E-state index is 11.9. The molecule has 3 aromatic rings. The van der Waals surface area contributed by atoms with Gasteiger partial charge in [-0.3, -0.25) is 4.40 Å². The summed E-state index contributed by atoms with van der Waals surface area (Å²) >= 11 is 1.36. The molecule has 3 heterocycles. The lowest BCUT2D eigenvalue weighted by Crippen LogP contribution is -2.07. The fourth-order valence-electron chi connectivity index (χ4n) is 1.94. The number of nitrogens with zero attached hydrogens (tertiary/aromatic N) is 4. The van der Waals surface area contributed by atoms with Gasteiger partial charge in [-0.05, 0) is 37.5 Å². The average Bonchev–Trinajstić information content (AvgIpc) is 3.08. The Kier molecular flexibility index (Phi) is 3.19. The molecule has 0 spiro atoms. The zero-order chi connectivity index (χ0) is 14.1. The smallest absolute Gasteiger partial charge is 0.360 e. The lowest BCUT2D eigenvalue weighted by molar-refractivity contribution is 0.0522. The first kappa shape index (κ1) is 12.7. The number of imidazole rings is 1. The number of hydrogen-bond donors (Lipinski definition) is 0. The van der Waals surface area contributed by atoms with Crippen LogP contribution in [0.1, 0.15) is 23.1 Å². The molecule has 0 saturated heterocycles. The molecular formula is C13H12N4O2S. The van der Waals surface area contributed by atoms with E-state index in [0.717, 1.165) is 16.3 Å². The molecule has 102 valence electrons. The maximum atomic E-state index is 11.9. The average molecular weight is 288 g/mol. The molecule has 0 saturated carbocycles. The summed E-state index contributed by atoms with van der Waals surface area (Å²) in [7, 11) is 0. The van der Waals surface area contributed by atoms with Crippen molar-refractivity contribution >= 4 is 23.1 Å². The number of esters is 1. The van der Waals surface area contributed by atoms with Gasteiger partial charge in [0.1, 0.15) is 6.33 Å². The van der Waals surface area contributed by atoms with Crippen molar-refractivity contribution in [1.29, 1.82) is 0 Å². The van der Waals surface area contributed by atoms with E-state index in [-0.39, 0.29) is 5.69 Å². The second-order valence-electron chi connectivity index (χ2n) is 4.17. The molecule has 0 radical (unpaired) electrons. The molecular weight excluding hydrogens is 276 g/mol. The van der Waals surface area contributed by atoms with E-state index in [4.69, 9.17) is 4.74 Å². The molecule has 0 aliphatic rings. The predicted octanol–water partition coefficient (Wildman–Crippen LogP) is 2.34. The third kappa shape index (κ3) is 2.05. The normalized spacial score (nSPS) is 10.9. The van der Waals surface area contributed by atoms with Crippen LogP contribution in [0.2, 0.25) is 0 Å². The summed E-state index contributed by atoms with van der Waals surface area (Å²) in [6, 6.07) is 3.83. The van der Waals surface area contributed by atoms with E-state index < -0.39 is 5.97 Å². The van der Waals surface area contributed by atoms with E-state index in [1.807, 2.05) is 19.1 Å². The number of aryl methyl sites for hydroxylation is 1. The number of ether oxygens (including phenoxy) is 1. The molecule has 0 fully saturated rings. The van der Waals surface area contributed by atoms with Crippen molar-refractivity contribution in [2.45, 2.75) is 13.8 Å². The van der Waals surface area contributed by atoms with E-state index in [2.05, 4.69) is 14.3 Å². The van der Waals surface area contributed by atoms with Gasteiger partial charge in [-0.25, -0.2) is 19.1 Å². The van der Waals surface area contributed by atoms with E-state index in [0.29, 0.717) is 12.3 Å². The second kappa shape index (κ2) is 5.01. The number of carbonyl (C=O) groups is 1. The summed E-state index contributed by atoms with van der Waals surface area (Å²) in [5, 5.41) is 0. The first-order chi connectivity index (χ1) is 9.70. The monoisotopic (exact) mass is 288 g/mol. The quantitative estimate of drug-likeness (QED) is 0.692. The summed E-state index contributed by atoms with van der Waals surface area (Å²) in [4.78, 5) is 21.5. The minimum atomic E-state index is -0.455. The number of carbonyl (C=O) groups excluding carboxylic acids is 1. The molecule has 6 nitrogen and oxygen atoms in total. The Morgan fingerprint density at radius 1 is 1.50 bits per heavy atom. The van der Waals surface area contributed by atoms with Gasteiger partial charge in [-0.2, -0.15) is 0 Å². The highest BCUT2D eigenvalue weighted by molar-refractivity contribution is 7.09. The largest absolute Gasteiger partial charge is 0.461 e. The Balaban J connectivity index is 2.18. The third-order valence-corrected chi connectivity index (χ3v) is 3.62. The number of hydrogen-bond acceptors (Lipinski definition) is 6. The molecule has 0 bridgehead atoms. The minimum absolute atomic E-state index is 0.237. The van der Waals surface area contributed by atoms with Crippen molar-refractivity contribution in [2.75, 3.05) is 6.61 Å². The van der Waals surface area contributed by atoms with Gasteiger partial charge in [-0.1, -0.05) is 0 Å². The summed E-state index contributed by atoms with van der Waals surface area (Å²) in [5.41, 5.74) is 2.47. The van der Waals surface area contributed by atoms with Crippen molar-refractivity contribution in [3.8, 4) is 10.6 Å². The number of aromatic nitrogens is 4. The number of fused-ring (bicyclic) bond motifs is 1. The molecule has 0 aromatic carbocycles. The van der Waals surface area contributed by atoms with Crippen LogP contribution in [0.3, 0.4) is 0 Å². The van der Waals surface area contributed by atoms with Gasteiger partial charge >= 0.3 is 5.97 Å². The standard InChI is InChI=1S/C13H12N4O2S/c1-3-19-13(18)11-12-16-9(10-4-5-15-20-10)6-8(2)17(12)7-14-11/h4-7H,3H2,1-2H3. The zero-order valence-electron chi connectivity index (χ0n) is 11.0. The number of rotatable bonds is 3. The highest BCUT2D eigenvalue weighted by atomic mass is 32.1. The summed E-state index contributed by atoms with van der Waals surface area (Å²) in [5.74, 6) is -0.455. The van der Waals surface area contributed by atoms with Crippen LogP contribution < -0.4 is 0 Å². The van der Waals surface area contributed by atoms with Crippen molar-refractivity contribution in [3.05, 3.63) is 36.0 Å². The Labute approximate surface area is 119 Å². The molecule has 0 aliphatic carbocycles. The van der Waals surface area contributed by atoms with Gasteiger partial charge in [0, 0.05) is 11.9 Å². The van der Waals surface area contributed by atoms with E-state index in [1.165, 1.54) is 11.5 Å². The lowest BCUT2D eigenvalue weighted by atomic mass is 10.3. The highest BCUT2D eigenvalue weighted by Crippen LogP contribution is 2.23. The van der Waals surface area contributed by atoms with E-state index >= 15 is 0 Å². The van der Waals surface area contributed by atoms with Gasteiger partial charge in [-0.15, -0.1) is 0 Å². The summed E-state index contributed by atoms with van der Waals surface area (Å²) in [6.45, 7) is 4.01. The van der Waals surface area contributed by atoms with Crippen LogP contribution in [0.15, 0.2) is 24.7 Å². The van der Waals surface area contributed by atoms with Gasteiger partial charge in [0.05, 0.1) is 17.2 Å². The van der Waals surface area contributed by atoms with Crippen LogP contribution >= 0.6 is 11.5 Å². The fourth-order valence-corrected chi connectivity index (χ4v) is 2.49. The molecule has 0 aliphatic heterocycles.